The molecule has 2 aliphatic carbocycles. The molecule has 2 amide bonds. The summed E-state index contributed by atoms with van der Waals surface area (Å²) in [6.45, 7) is -0.161. The Balaban J connectivity index is 1.51. The van der Waals surface area contributed by atoms with Gasteiger partial charge in [-0.2, -0.15) is 0 Å². The predicted octanol–water partition coefficient (Wildman–Crippen LogP) is 5.80. The first-order chi connectivity index (χ1) is 21.0. The molecular weight excluding hydrogens is 628 g/mol. The van der Waals surface area contributed by atoms with E-state index in [1.54, 1.807) is 53.4 Å². The SMILES string of the molecule is NC(=O)C[C@H]1O[C@H](c2cccc(Cl)c2)[C@@H](c2ccc(Cl)cc2)N([C@H](CN(c2ccccc2F)S(=O)(=O)C2CC2)C2CC2)C1=O. The molecule has 12 heteroatoms. The van der Waals surface area contributed by atoms with E-state index < -0.39 is 57.2 Å². The molecule has 0 unspecified atom stereocenters. The average molecular weight is 661 g/mol. The van der Waals surface area contributed by atoms with Crippen molar-refractivity contribution >= 4 is 50.7 Å². The molecule has 232 valence electrons. The molecule has 44 heavy (non-hydrogen) atoms. The average Bonchev–Trinajstić information content (AvgIpc) is 3.89. The minimum atomic E-state index is -3.94. The summed E-state index contributed by atoms with van der Waals surface area (Å²) in [4.78, 5) is 28.2. The number of sulfonamides is 1. The quantitative estimate of drug-likeness (QED) is 0.280. The van der Waals surface area contributed by atoms with Gasteiger partial charge >= 0.3 is 0 Å². The van der Waals surface area contributed by atoms with Gasteiger partial charge in [-0.1, -0.05) is 59.6 Å². The molecule has 1 saturated heterocycles. The third kappa shape index (κ3) is 6.31. The Morgan fingerprint density at radius 2 is 1.68 bits per heavy atom. The molecule has 0 aromatic heterocycles. The van der Waals surface area contributed by atoms with Crippen molar-refractivity contribution in [3.05, 3.63) is 99.8 Å². The maximum absolute atomic E-state index is 15.3. The zero-order valence-corrected chi connectivity index (χ0v) is 26.0. The molecule has 0 bridgehead atoms. The van der Waals surface area contributed by atoms with Crippen molar-refractivity contribution in [3.8, 4) is 0 Å². The van der Waals surface area contributed by atoms with E-state index in [-0.39, 0.29) is 24.6 Å². The summed E-state index contributed by atoms with van der Waals surface area (Å²) in [6.07, 6.45) is 0.0995. The van der Waals surface area contributed by atoms with Gasteiger partial charge < -0.3 is 15.4 Å². The van der Waals surface area contributed by atoms with Crippen LogP contribution >= 0.6 is 23.2 Å². The molecule has 2 N–H and O–H groups in total. The largest absolute Gasteiger partial charge is 0.370 e. The molecule has 2 saturated carbocycles. The summed E-state index contributed by atoms with van der Waals surface area (Å²) in [6, 6.07) is 18.4. The number of anilines is 1. The maximum Gasteiger partial charge on any atom is 0.253 e. The Labute approximate surface area is 265 Å². The summed E-state index contributed by atoms with van der Waals surface area (Å²) in [5, 5.41) is 0.335. The third-order valence-electron chi connectivity index (χ3n) is 8.45. The van der Waals surface area contributed by atoms with Crippen molar-refractivity contribution in [2.75, 3.05) is 10.8 Å². The lowest BCUT2D eigenvalue weighted by Gasteiger charge is -2.49. The number of rotatable bonds is 11. The van der Waals surface area contributed by atoms with Crippen molar-refractivity contribution in [1.82, 2.24) is 4.90 Å². The summed E-state index contributed by atoms with van der Waals surface area (Å²) in [5.41, 5.74) is 6.86. The number of nitrogens with two attached hydrogens (primary N) is 1. The van der Waals surface area contributed by atoms with Gasteiger partial charge in [0.1, 0.15) is 18.0 Å². The number of nitrogens with zero attached hydrogens (tertiary/aromatic N) is 2. The second kappa shape index (κ2) is 12.3. The fourth-order valence-corrected chi connectivity index (χ4v) is 8.24. The fourth-order valence-electron chi connectivity index (χ4n) is 6.04. The van der Waals surface area contributed by atoms with Gasteiger partial charge in [0.05, 0.1) is 36.0 Å². The molecule has 0 radical (unpaired) electrons. The summed E-state index contributed by atoms with van der Waals surface area (Å²) >= 11 is 12.6. The number of ether oxygens (including phenoxy) is 1. The van der Waals surface area contributed by atoms with Crippen LogP contribution in [0.2, 0.25) is 10.0 Å². The standard InChI is InChI=1S/C32H32Cl2FN3O5S/c33-22-12-10-20(11-13-22)30-31(21-4-3-5-23(34)16-21)43-28(17-29(36)39)32(40)38(30)27(19-8-9-19)18-37(44(41,42)24-14-15-24)26-7-2-1-6-25(26)35/h1-7,10-13,16,19,24,27-28,30-31H,8-9,14-15,17-18H2,(H2,36,39)/t27-,28-,30-,31-/m1/s1. The number of carbonyl (C=O) groups is 2. The first-order valence-corrected chi connectivity index (χ1v) is 16.8. The van der Waals surface area contributed by atoms with E-state index in [2.05, 4.69) is 0 Å². The number of primary amides is 1. The smallest absolute Gasteiger partial charge is 0.253 e. The van der Waals surface area contributed by atoms with Crippen molar-refractivity contribution < 1.29 is 27.1 Å². The lowest BCUT2D eigenvalue weighted by atomic mass is 9.89. The second-order valence-corrected chi connectivity index (χ2v) is 14.7. The Bertz CT molecular complexity index is 1670. The van der Waals surface area contributed by atoms with Gasteiger partial charge in [0, 0.05) is 10.0 Å². The molecule has 1 heterocycles. The molecule has 3 aromatic carbocycles. The fraction of sp³-hybridized carbons (Fsp3) is 0.375. The molecule has 0 spiro atoms. The third-order valence-corrected chi connectivity index (χ3v) is 11.2. The molecule has 8 nitrogen and oxygen atoms in total. The van der Waals surface area contributed by atoms with E-state index in [4.69, 9.17) is 33.7 Å². The zero-order chi connectivity index (χ0) is 31.2. The predicted molar refractivity (Wildman–Crippen MR) is 166 cm³/mol. The Kier molecular flexibility index (Phi) is 8.63. The Morgan fingerprint density at radius 3 is 2.30 bits per heavy atom. The van der Waals surface area contributed by atoms with Crippen LogP contribution < -0.4 is 10.0 Å². The van der Waals surface area contributed by atoms with Crippen molar-refractivity contribution in [2.24, 2.45) is 11.7 Å². The monoisotopic (exact) mass is 659 g/mol. The number of hydrogen-bond acceptors (Lipinski definition) is 5. The number of carbonyl (C=O) groups excluding carboxylic acids is 2. The normalized spacial score (nSPS) is 22.9. The van der Waals surface area contributed by atoms with E-state index in [0.29, 0.717) is 34.0 Å². The lowest BCUT2D eigenvalue weighted by molar-refractivity contribution is -0.181. The van der Waals surface area contributed by atoms with Gasteiger partial charge in [0.25, 0.3) is 5.91 Å². The molecule has 3 aliphatic rings. The first kappa shape index (κ1) is 30.8. The number of amides is 2. The molecule has 6 rings (SSSR count). The lowest BCUT2D eigenvalue weighted by Crippen LogP contribution is -2.59. The van der Waals surface area contributed by atoms with Crippen LogP contribution in [-0.2, 0) is 24.3 Å². The Hall–Kier alpha value is -3.18. The van der Waals surface area contributed by atoms with Crippen LogP contribution in [0.25, 0.3) is 0 Å². The van der Waals surface area contributed by atoms with E-state index in [1.807, 2.05) is 6.07 Å². The zero-order valence-electron chi connectivity index (χ0n) is 23.7. The highest BCUT2D eigenvalue weighted by atomic mass is 35.5. The van der Waals surface area contributed by atoms with E-state index in [0.717, 1.165) is 17.1 Å². The Morgan fingerprint density at radius 1 is 0.977 bits per heavy atom. The number of halogens is 3. The van der Waals surface area contributed by atoms with Crippen molar-refractivity contribution in [2.45, 2.75) is 61.6 Å². The first-order valence-electron chi connectivity index (χ1n) is 14.6. The van der Waals surface area contributed by atoms with Crippen molar-refractivity contribution in [1.29, 1.82) is 0 Å². The minimum absolute atomic E-state index is 0.0612. The van der Waals surface area contributed by atoms with Crippen LogP contribution in [0, 0.1) is 11.7 Å². The molecule has 1 aliphatic heterocycles. The van der Waals surface area contributed by atoms with Gasteiger partial charge in [-0.3, -0.25) is 13.9 Å². The number of morpholine rings is 1. The number of para-hydroxylation sites is 1. The molecule has 4 atom stereocenters. The van der Waals surface area contributed by atoms with Gasteiger partial charge in [0.15, 0.2) is 0 Å². The van der Waals surface area contributed by atoms with Gasteiger partial charge in [-0.15, -0.1) is 0 Å². The van der Waals surface area contributed by atoms with Crippen LogP contribution in [0.3, 0.4) is 0 Å². The van der Waals surface area contributed by atoms with Crippen LogP contribution in [-0.4, -0.2) is 49.1 Å². The van der Waals surface area contributed by atoms with Crippen LogP contribution in [0.1, 0.15) is 55.4 Å². The van der Waals surface area contributed by atoms with Crippen LogP contribution in [0.15, 0.2) is 72.8 Å². The minimum Gasteiger partial charge on any atom is -0.370 e. The summed E-state index contributed by atoms with van der Waals surface area (Å²) < 4.78 is 50.5. The number of hydrogen-bond donors (Lipinski definition) is 1. The highest BCUT2D eigenvalue weighted by Gasteiger charge is 2.52. The summed E-state index contributed by atoms with van der Waals surface area (Å²) in [5.74, 6) is -1.94. The van der Waals surface area contributed by atoms with Gasteiger partial charge in [-0.05, 0) is 79.1 Å². The van der Waals surface area contributed by atoms with E-state index in [9.17, 15) is 18.0 Å². The van der Waals surface area contributed by atoms with Crippen LogP contribution in [0.4, 0.5) is 10.1 Å². The topological polar surface area (TPSA) is 110 Å². The van der Waals surface area contributed by atoms with Gasteiger partial charge in [0.2, 0.25) is 15.9 Å². The van der Waals surface area contributed by atoms with Crippen LogP contribution in [0.5, 0.6) is 0 Å². The van der Waals surface area contributed by atoms with E-state index in [1.165, 1.54) is 18.2 Å². The molecule has 3 aromatic rings. The summed E-state index contributed by atoms with van der Waals surface area (Å²) in [7, 11) is -3.94. The maximum atomic E-state index is 15.3. The second-order valence-electron chi connectivity index (χ2n) is 11.6. The van der Waals surface area contributed by atoms with Gasteiger partial charge in [-0.25, -0.2) is 12.8 Å². The van der Waals surface area contributed by atoms with Crippen molar-refractivity contribution in [3.63, 3.8) is 0 Å². The highest BCUT2D eigenvalue weighted by Crippen LogP contribution is 2.49. The molecule has 3 fully saturated rings. The molecular formula is C32H32Cl2FN3O5S. The number of benzene rings is 3. The highest BCUT2D eigenvalue weighted by molar-refractivity contribution is 7.93. The van der Waals surface area contributed by atoms with E-state index >= 15 is 4.39 Å².